The van der Waals surface area contributed by atoms with Crippen molar-refractivity contribution in [3.05, 3.63) is 76.8 Å². The maximum Gasteiger partial charge on any atom is 0.327 e. The molecule has 0 spiro atoms. The predicted octanol–water partition coefficient (Wildman–Crippen LogP) is 5.49. The highest BCUT2D eigenvalue weighted by molar-refractivity contribution is 9.10. The Morgan fingerprint density at radius 2 is 1.91 bits per heavy atom. The van der Waals surface area contributed by atoms with Crippen LogP contribution in [0.3, 0.4) is 0 Å². The minimum absolute atomic E-state index is 0.270. The first kappa shape index (κ1) is 17.8. The van der Waals surface area contributed by atoms with E-state index in [1.54, 1.807) is 6.08 Å². The Morgan fingerprint density at radius 1 is 1.26 bits per heavy atom. The number of halogens is 1. The summed E-state index contributed by atoms with van der Waals surface area (Å²) in [5, 5.41) is 0. The minimum atomic E-state index is -0.844. The molecule has 0 aliphatic carbocycles. The van der Waals surface area contributed by atoms with Crippen LogP contribution in [0.15, 0.2) is 70.6 Å². The van der Waals surface area contributed by atoms with Crippen LogP contribution in [0.4, 0.5) is 0 Å². The Hall–Kier alpha value is -1.52. The molecule has 0 bridgehead atoms. The number of esters is 1. The Bertz CT molecular complexity index is 697. The molecule has 2 aromatic carbocycles. The minimum Gasteiger partial charge on any atom is -0.468 e. The van der Waals surface area contributed by atoms with Crippen molar-refractivity contribution < 1.29 is 9.53 Å². The molecular formula is C19H19BrO2S. The van der Waals surface area contributed by atoms with Gasteiger partial charge in [0.15, 0.2) is 0 Å². The fraction of sp³-hybridized carbons (Fsp3) is 0.211. The second-order valence-electron chi connectivity index (χ2n) is 5.19. The van der Waals surface area contributed by atoms with E-state index in [2.05, 4.69) is 22.5 Å². The zero-order valence-electron chi connectivity index (χ0n) is 13.2. The van der Waals surface area contributed by atoms with Gasteiger partial charge in [-0.2, -0.15) is 0 Å². The number of thioether (sulfide) groups is 1. The summed E-state index contributed by atoms with van der Waals surface area (Å²) in [4.78, 5) is 13.8. The summed E-state index contributed by atoms with van der Waals surface area (Å²) in [7, 11) is 1.43. The van der Waals surface area contributed by atoms with Gasteiger partial charge in [0.25, 0.3) is 0 Å². The van der Waals surface area contributed by atoms with Crippen molar-refractivity contribution in [2.75, 3.05) is 7.11 Å². The van der Waals surface area contributed by atoms with Gasteiger partial charge in [0.1, 0.15) is 4.75 Å². The lowest BCUT2D eigenvalue weighted by molar-refractivity contribution is -0.143. The summed E-state index contributed by atoms with van der Waals surface area (Å²) in [6.45, 7) is 5.88. The molecule has 0 heterocycles. The smallest absolute Gasteiger partial charge is 0.327 e. The number of rotatable bonds is 6. The fourth-order valence-corrected chi connectivity index (χ4v) is 4.04. The van der Waals surface area contributed by atoms with Gasteiger partial charge in [-0.3, -0.25) is 4.79 Å². The Balaban J connectivity index is 2.57. The van der Waals surface area contributed by atoms with E-state index in [1.807, 2.05) is 55.5 Å². The first-order valence-electron chi connectivity index (χ1n) is 7.23. The average Bonchev–Trinajstić information content (AvgIpc) is 2.56. The van der Waals surface area contributed by atoms with Crippen molar-refractivity contribution in [1.29, 1.82) is 0 Å². The number of methoxy groups -OCH3 is 1. The molecule has 0 aliphatic heterocycles. The van der Waals surface area contributed by atoms with Crippen LogP contribution in [0.2, 0.25) is 0 Å². The van der Waals surface area contributed by atoms with Crippen molar-refractivity contribution in [3.8, 4) is 0 Å². The normalized spacial score (nSPS) is 13.2. The second-order valence-corrected chi connectivity index (χ2v) is 7.44. The Morgan fingerprint density at radius 3 is 2.48 bits per heavy atom. The highest BCUT2D eigenvalue weighted by Crippen LogP contribution is 2.46. The monoisotopic (exact) mass is 390 g/mol. The number of carbonyl (C=O) groups excluding carboxylic acids is 1. The highest BCUT2D eigenvalue weighted by atomic mass is 79.9. The molecule has 4 heteroatoms. The zero-order chi connectivity index (χ0) is 16.9. The van der Waals surface area contributed by atoms with Crippen LogP contribution < -0.4 is 0 Å². The molecule has 2 rings (SSSR count). The van der Waals surface area contributed by atoms with Gasteiger partial charge in [-0.1, -0.05) is 52.3 Å². The molecule has 0 N–H and O–H groups in total. The van der Waals surface area contributed by atoms with Gasteiger partial charge in [-0.05, 0) is 42.7 Å². The fourth-order valence-electron chi connectivity index (χ4n) is 2.41. The van der Waals surface area contributed by atoms with Crippen LogP contribution in [0.5, 0.6) is 0 Å². The molecule has 2 nitrogen and oxygen atoms in total. The number of hydrogen-bond acceptors (Lipinski definition) is 3. The van der Waals surface area contributed by atoms with Gasteiger partial charge in [-0.15, -0.1) is 18.3 Å². The topological polar surface area (TPSA) is 26.3 Å². The zero-order valence-corrected chi connectivity index (χ0v) is 15.6. The third-order valence-corrected chi connectivity index (χ3v) is 5.76. The molecular weight excluding hydrogens is 372 g/mol. The van der Waals surface area contributed by atoms with Gasteiger partial charge in [-0.25, -0.2) is 0 Å². The Kier molecular flexibility index (Phi) is 6.08. The van der Waals surface area contributed by atoms with Crippen molar-refractivity contribution in [2.45, 2.75) is 23.0 Å². The Labute approximate surface area is 150 Å². The summed E-state index contributed by atoms with van der Waals surface area (Å²) in [5.41, 5.74) is 2.03. The number of ether oxygens (including phenoxy) is 1. The molecule has 0 fully saturated rings. The second kappa shape index (κ2) is 7.84. The van der Waals surface area contributed by atoms with Gasteiger partial charge >= 0.3 is 5.97 Å². The van der Waals surface area contributed by atoms with Gasteiger partial charge in [0, 0.05) is 9.37 Å². The SMILES string of the molecule is C=CCC(Sc1ccccc1C)(C(=O)OC)c1ccc(Br)cc1. The van der Waals surface area contributed by atoms with Crippen LogP contribution >= 0.6 is 27.7 Å². The van der Waals surface area contributed by atoms with Crippen molar-refractivity contribution in [2.24, 2.45) is 0 Å². The molecule has 0 aliphatic rings. The number of benzene rings is 2. The van der Waals surface area contributed by atoms with Crippen LogP contribution in [0.1, 0.15) is 17.5 Å². The lowest BCUT2D eigenvalue weighted by Gasteiger charge is -2.30. The van der Waals surface area contributed by atoms with Crippen LogP contribution in [-0.2, 0) is 14.3 Å². The summed E-state index contributed by atoms with van der Waals surface area (Å²) in [6.07, 6.45) is 2.25. The van der Waals surface area contributed by atoms with E-state index in [0.717, 1.165) is 20.5 Å². The van der Waals surface area contributed by atoms with E-state index in [9.17, 15) is 4.79 Å². The molecule has 1 atom stereocenters. The van der Waals surface area contributed by atoms with E-state index in [4.69, 9.17) is 4.74 Å². The number of aryl methyl sites for hydroxylation is 1. The molecule has 0 aromatic heterocycles. The lowest BCUT2D eigenvalue weighted by Crippen LogP contribution is -2.33. The summed E-state index contributed by atoms with van der Waals surface area (Å²) >= 11 is 4.96. The highest BCUT2D eigenvalue weighted by Gasteiger charge is 2.42. The maximum absolute atomic E-state index is 12.7. The first-order valence-corrected chi connectivity index (χ1v) is 8.84. The van der Waals surface area contributed by atoms with Crippen molar-refractivity contribution in [3.63, 3.8) is 0 Å². The third kappa shape index (κ3) is 3.88. The van der Waals surface area contributed by atoms with Crippen molar-refractivity contribution in [1.82, 2.24) is 0 Å². The number of carbonyl (C=O) groups is 1. The van der Waals surface area contributed by atoms with Crippen LogP contribution in [-0.4, -0.2) is 13.1 Å². The summed E-state index contributed by atoms with van der Waals surface area (Å²) in [6, 6.07) is 15.8. The molecule has 2 aromatic rings. The largest absolute Gasteiger partial charge is 0.468 e. The van der Waals surface area contributed by atoms with Crippen LogP contribution in [0, 0.1) is 6.92 Å². The molecule has 120 valence electrons. The summed E-state index contributed by atoms with van der Waals surface area (Å²) < 4.78 is 5.27. The molecule has 0 saturated carbocycles. The predicted molar refractivity (Wildman–Crippen MR) is 99.7 cm³/mol. The number of allylic oxidation sites excluding steroid dienone is 1. The van der Waals surface area contributed by atoms with E-state index >= 15 is 0 Å². The lowest BCUT2D eigenvalue weighted by atomic mass is 9.94. The molecule has 23 heavy (non-hydrogen) atoms. The standard InChI is InChI=1S/C19H19BrO2S/c1-4-13-19(18(21)22-3,15-9-11-16(20)12-10-15)23-17-8-6-5-7-14(17)2/h4-12H,1,13H2,2-3H3. The van der Waals surface area contributed by atoms with Gasteiger partial charge < -0.3 is 4.74 Å². The van der Waals surface area contributed by atoms with Gasteiger partial charge in [0.05, 0.1) is 7.11 Å². The summed E-state index contributed by atoms with van der Waals surface area (Å²) in [5.74, 6) is -0.270. The third-order valence-electron chi connectivity index (χ3n) is 3.64. The quantitative estimate of drug-likeness (QED) is 0.370. The maximum atomic E-state index is 12.7. The van der Waals surface area contributed by atoms with E-state index in [1.165, 1.54) is 18.9 Å². The average molecular weight is 391 g/mol. The van der Waals surface area contributed by atoms with E-state index in [-0.39, 0.29) is 5.97 Å². The molecule has 0 radical (unpaired) electrons. The van der Waals surface area contributed by atoms with Gasteiger partial charge in [0.2, 0.25) is 0 Å². The number of hydrogen-bond donors (Lipinski definition) is 0. The molecule has 0 amide bonds. The molecule has 0 saturated heterocycles. The first-order chi connectivity index (χ1) is 11.0. The van der Waals surface area contributed by atoms with Crippen molar-refractivity contribution >= 4 is 33.7 Å². The van der Waals surface area contributed by atoms with Crippen LogP contribution in [0.25, 0.3) is 0 Å². The molecule has 1 unspecified atom stereocenters. The van der Waals surface area contributed by atoms with E-state index in [0.29, 0.717) is 6.42 Å². The van der Waals surface area contributed by atoms with E-state index < -0.39 is 4.75 Å².